The van der Waals surface area contributed by atoms with Crippen molar-refractivity contribution in [3.05, 3.63) is 55.6 Å². The minimum absolute atomic E-state index is 0.0542. The summed E-state index contributed by atoms with van der Waals surface area (Å²) in [7, 11) is 1.48. The highest BCUT2D eigenvalue weighted by Crippen LogP contribution is 2.34. The molecule has 1 amide bonds. The predicted octanol–water partition coefficient (Wildman–Crippen LogP) is 4.51. The summed E-state index contributed by atoms with van der Waals surface area (Å²) in [6.45, 7) is -0.111. The molecule has 0 spiro atoms. The molecule has 27 heavy (non-hydrogen) atoms. The molecule has 1 N–H and O–H groups in total. The number of rotatable bonds is 6. The molecule has 0 fully saturated rings. The van der Waals surface area contributed by atoms with Gasteiger partial charge in [0.1, 0.15) is 17.7 Å². The number of halogens is 2. The first kappa shape index (κ1) is 20.7. The third kappa shape index (κ3) is 5.71. The fourth-order valence-electron chi connectivity index (χ4n) is 2.11. The second kappa shape index (κ2) is 9.95. The van der Waals surface area contributed by atoms with Crippen LogP contribution < -0.4 is 14.8 Å². The number of hydrogen-bond acceptors (Lipinski definition) is 5. The summed E-state index contributed by atoms with van der Waals surface area (Å²) in [5, 5.41) is 20.7. The Bertz CT molecular complexity index is 960. The zero-order valence-electron chi connectivity index (χ0n) is 14.1. The molecule has 8 heteroatoms. The molecule has 0 saturated heterocycles. The van der Waals surface area contributed by atoms with Crippen LogP contribution in [-0.2, 0) is 4.79 Å². The SMILES string of the molecule is COc1cc(/C=C(/C#N)C(=O)Nc2ccc(Br)cc2)cc(I)c1OCC#N. The predicted molar refractivity (Wildman–Crippen MR) is 113 cm³/mol. The molecule has 0 aromatic heterocycles. The second-order valence-corrected chi connectivity index (χ2v) is 7.19. The van der Waals surface area contributed by atoms with E-state index in [9.17, 15) is 10.1 Å². The van der Waals surface area contributed by atoms with Crippen LogP contribution in [0.1, 0.15) is 5.56 Å². The number of anilines is 1. The monoisotopic (exact) mass is 537 g/mol. The van der Waals surface area contributed by atoms with E-state index in [1.807, 2.05) is 34.7 Å². The first-order valence-electron chi connectivity index (χ1n) is 7.54. The van der Waals surface area contributed by atoms with E-state index in [1.165, 1.54) is 13.2 Å². The molecule has 0 bridgehead atoms. The summed E-state index contributed by atoms with van der Waals surface area (Å²) >= 11 is 5.36. The second-order valence-electron chi connectivity index (χ2n) is 5.11. The fraction of sp³-hybridized carbons (Fsp3) is 0.105. The van der Waals surface area contributed by atoms with Crippen molar-refractivity contribution in [2.45, 2.75) is 0 Å². The van der Waals surface area contributed by atoms with Gasteiger partial charge in [-0.25, -0.2) is 0 Å². The summed E-state index contributed by atoms with van der Waals surface area (Å²) in [6.07, 6.45) is 1.47. The van der Waals surface area contributed by atoms with Crippen LogP contribution in [-0.4, -0.2) is 19.6 Å². The van der Waals surface area contributed by atoms with Gasteiger partial charge in [-0.3, -0.25) is 4.79 Å². The van der Waals surface area contributed by atoms with Crippen molar-refractivity contribution in [2.24, 2.45) is 0 Å². The smallest absolute Gasteiger partial charge is 0.266 e. The Hall–Kier alpha value is -2.56. The standard InChI is InChI=1S/C19H13BrIN3O3/c1-26-17-10-12(9-16(21)18(17)27-7-6-22)8-13(11-23)19(25)24-15-4-2-14(20)3-5-15/h2-5,8-10H,7H2,1H3,(H,24,25)/b13-8-. The molecule has 0 atom stereocenters. The average Bonchev–Trinajstić information content (AvgIpc) is 2.66. The molecule has 2 aromatic rings. The molecule has 0 aliphatic heterocycles. The Morgan fingerprint density at radius 3 is 2.59 bits per heavy atom. The van der Waals surface area contributed by atoms with Gasteiger partial charge in [-0.1, -0.05) is 15.9 Å². The van der Waals surface area contributed by atoms with E-state index < -0.39 is 5.91 Å². The van der Waals surface area contributed by atoms with Gasteiger partial charge in [-0.05, 0) is 70.6 Å². The van der Waals surface area contributed by atoms with Crippen LogP contribution in [0.4, 0.5) is 5.69 Å². The van der Waals surface area contributed by atoms with Gasteiger partial charge in [0.2, 0.25) is 0 Å². The van der Waals surface area contributed by atoms with Crippen LogP contribution in [0.3, 0.4) is 0 Å². The van der Waals surface area contributed by atoms with Gasteiger partial charge in [-0.15, -0.1) is 0 Å². The van der Waals surface area contributed by atoms with Crippen LogP contribution in [0.2, 0.25) is 0 Å². The number of carbonyl (C=O) groups excluding carboxylic acids is 1. The first-order valence-corrected chi connectivity index (χ1v) is 9.41. The van der Waals surface area contributed by atoms with Crippen molar-refractivity contribution in [2.75, 3.05) is 19.0 Å². The largest absolute Gasteiger partial charge is 0.493 e. The molecule has 0 aliphatic rings. The van der Waals surface area contributed by atoms with E-state index >= 15 is 0 Å². The van der Waals surface area contributed by atoms with Crippen molar-refractivity contribution in [3.63, 3.8) is 0 Å². The lowest BCUT2D eigenvalue weighted by molar-refractivity contribution is -0.112. The molecule has 2 rings (SSSR count). The molecule has 0 aliphatic carbocycles. The van der Waals surface area contributed by atoms with E-state index in [1.54, 1.807) is 36.4 Å². The summed E-state index contributed by atoms with van der Waals surface area (Å²) in [6, 6.07) is 14.2. The van der Waals surface area contributed by atoms with Crippen molar-refractivity contribution in [1.29, 1.82) is 10.5 Å². The molecule has 2 aromatic carbocycles. The van der Waals surface area contributed by atoms with Crippen molar-refractivity contribution in [3.8, 4) is 23.6 Å². The van der Waals surface area contributed by atoms with Crippen LogP contribution in [0.5, 0.6) is 11.5 Å². The normalized spacial score (nSPS) is 10.5. The van der Waals surface area contributed by atoms with Gasteiger partial charge >= 0.3 is 0 Å². The zero-order valence-corrected chi connectivity index (χ0v) is 17.9. The highest BCUT2D eigenvalue weighted by Gasteiger charge is 2.14. The Labute approximate surface area is 178 Å². The van der Waals surface area contributed by atoms with Crippen LogP contribution >= 0.6 is 38.5 Å². The number of nitrogens with one attached hydrogen (secondary N) is 1. The number of nitriles is 2. The molecule has 0 saturated carbocycles. The zero-order chi connectivity index (χ0) is 19.8. The third-order valence-corrected chi connectivity index (χ3v) is 4.64. The van der Waals surface area contributed by atoms with E-state index in [4.69, 9.17) is 14.7 Å². The highest BCUT2D eigenvalue weighted by molar-refractivity contribution is 14.1. The molecular formula is C19H13BrIN3O3. The number of benzene rings is 2. The maximum absolute atomic E-state index is 12.4. The summed E-state index contributed by atoms with van der Waals surface area (Å²) in [5.41, 5.74) is 1.13. The fourth-order valence-corrected chi connectivity index (χ4v) is 3.16. The van der Waals surface area contributed by atoms with Crippen LogP contribution in [0, 0.1) is 26.2 Å². The average molecular weight is 538 g/mol. The number of nitrogens with zero attached hydrogens (tertiary/aromatic N) is 2. The highest BCUT2D eigenvalue weighted by atomic mass is 127. The third-order valence-electron chi connectivity index (χ3n) is 3.31. The van der Waals surface area contributed by atoms with E-state index in [2.05, 4.69) is 21.2 Å². The maximum Gasteiger partial charge on any atom is 0.266 e. The van der Waals surface area contributed by atoms with Gasteiger partial charge in [0, 0.05) is 10.2 Å². The van der Waals surface area contributed by atoms with Gasteiger partial charge < -0.3 is 14.8 Å². The quantitative estimate of drug-likeness (QED) is 0.332. The number of methoxy groups -OCH3 is 1. The van der Waals surface area contributed by atoms with Gasteiger partial charge in [-0.2, -0.15) is 10.5 Å². The van der Waals surface area contributed by atoms with E-state index in [0.717, 1.165) is 4.47 Å². The van der Waals surface area contributed by atoms with Crippen LogP contribution in [0.25, 0.3) is 6.08 Å². The Morgan fingerprint density at radius 2 is 2.00 bits per heavy atom. The van der Waals surface area contributed by atoms with Crippen molar-refractivity contribution in [1.82, 2.24) is 0 Å². The van der Waals surface area contributed by atoms with E-state index in [0.29, 0.717) is 26.3 Å². The molecule has 0 heterocycles. The van der Waals surface area contributed by atoms with Crippen LogP contribution in [0.15, 0.2) is 46.4 Å². The summed E-state index contributed by atoms with van der Waals surface area (Å²) in [5.74, 6) is 0.335. The topological polar surface area (TPSA) is 95.1 Å². The summed E-state index contributed by atoms with van der Waals surface area (Å²) in [4.78, 5) is 12.4. The van der Waals surface area contributed by atoms with Gasteiger partial charge in [0.05, 0.1) is 10.7 Å². The Balaban J connectivity index is 2.29. The first-order chi connectivity index (χ1) is 13.0. The minimum atomic E-state index is -0.515. The number of ether oxygens (including phenoxy) is 2. The molecule has 0 unspecified atom stereocenters. The van der Waals surface area contributed by atoms with Gasteiger partial charge in [0.25, 0.3) is 5.91 Å². The minimum Gasteiger partial charge on any atom is -0.493 e. The number of amides is 1. The van der Waals surface area contributed by atoms with Crippen molar-refractivity contribution < 1.29 is 14.3 Å². The molecule has 6 nitrogen and oxygen atoms in total. The Kier molecular flexibility index (Phi) is 7.65. The lowest BCUT2D eigenvalue weighted by Gasteiger charge is -2.12. The summed E-state index contributed by atoms with van der Waals surface area (Å²) < 4.78 is 12.2. The number of carbonyl (C=O) groups is 1. The lowest BCUT2D eigenvalue weighted by atomic mass is 10.1. The lowest BCUT2D eigenvalue weighted by Crippen LogP contribution is -2.13. The van der Waals surface area contributed by atoms with Crippen molar-refractivity contribution >= 4 is 56.2 Å². The molecular weight excluding hydrogens is 525 g/mol. The Morgan fingerprint density at radius 1 is 1.30 bits per heavy atom. The molecule has 0 radical (unpaired) electrons. The maximum atomic E-state index is 12.4. The number of hydrogen-bond donors (Lipinski definition) is 1. The molecule has 136 valence electrons. The van der Waals surface area contributed by atoms with Gasteiger partial charge in [0.15, 0.2) is 18.1 Å². The van der Waals surface area contributed by atoms with E-state index in [-0.39, 0.29) is 12.2 Å².